The molecule has 0 radical (unpaired) electrons. The lowest BCUT2D eigenvalue weighted by Crippen LogP contribution is -2.30. The molecular weight excluding hydrogens is 973 g/mol. The molecule has 0 aromatic heterocycles. The van der Waals surface area contributed by atoms with Crippen molar-refractivity contribution in [3.05, 3.63) is 146 Å². The highest BCUT2D eigenvalue weighted by molar-refractivity contribution is 5.71. The fourth-order valence-electron chi connectivity index (χ4n) is 8.57. The van der Waals surface area contributed by atoms with E-state index in [9.17, 15) is 14.4 Å². The van der Waals surface area contributed by atoms with E-state index in [1.54, 1.807) is 0 Å². The Kier molecular flexibility index (Phi) is 61.9. The molecule has 79 heavy (non-hydrogen) atoms. The van der Waals surface area contributed by atoms with E-state index in [0.29, 0.717) is 19.3 Å². The molecule has 0 N–H and O–H groups in total. The second-order valence-corrected chi connectivity index (χ2v) is 20.9. The molecule has 1 unspecified atom stereocenters. The van der Waals surface area contributed by atoms with Crippen LogP contribution in [0, 0.1) is 0 Å². The van der Waals surface area contributed by atoms with Crippen molar-refractivity contribution in [1.29, 1.82) is 0 Å². The third-order valence-electron chi connectivity index (χ3n) is 13.3. The quantitative estimate of drug-likeness (QED) is 0.0261. The Labute approximate surface area is 487 Å². The largest absolute Gasteiger partial charge is 0.462 e. The number of carbonyl (C=O) groups excluding carboxylic acids is 3. The van der Waals surface area contributed by atoms with Gasteiger partial charge in [-0.1, -0.05) is 282 Å². The molecule has 6 heteroatoms. The van der Waals surface area contributed by atoms with E-state index in [4.69, 9.17) is 14.2 Å². The van der Waals surface area contributed by atoms with Crippen molar-refractivity contribution in [2.45, 2.75) is 284 Å². The zero-order chi connectivity index (χ0) is 57.1. The summed E-state index contributed by atoms with van der Waals surface area (Å²) in [6.45, 7) is 6.35. The van der Waals surface area contributed by atoms with Crippen LogP contribution >= 0.6 is 0 Å². The summed E-state index contributed by atoms with van der Waals surface area (Å²) < 4.78 is 16.8. The molecular formula is C73H118O6. The molecule has 0 aliphatic heterocycles. The van der Waals surface area contributed by atoms with E-state index in [1.165, 1.54) is 83.5 Å². The van der Waals surface area contributed by atoms with Gasteiger partial charge in [0.1, 0.15) is 13.2 Å². The zero-order valence-electron chi connectivity index (χ0n) is 51.1. The molecule has 0 fully saturated rings. The van der Waals surface area contributed by atoms with Crippen LogP contribution in [-0.2, 0) is 28.6 Å². The molecule has 446 valence electrons. The van der Waals surface area contributed by atoms with Gasteiger partial charge in [0.15, 0.2) is 6.10 Å². The van der Waals surface area contributed by atoms with Gasteiger partial charge in [-0.15, -0.1) is 0 Å². The molecule has 0 rings (SSSR count). The summed E-state index contributed by atoms with van der Waals surface area (Å²) in [7, 11) is 0. The minimum Gasteiger partial charge on any atom is -0.462 e. The van der Waals surface area contributed by atoms with Crippen LogP contribution < -0.4 is 0 Å². The van der Waals surface area contributed by atoms with Crippen molar-refractivity contribution in [2.24, 2.45) is 0 Å². The first-order chi connectivity index (χ1) is 39.0. The molecule has 0 heterocycles. The van der Waals surface area contributed by atoms with Crippen molar-refractivity contribution in [3.8, 4) is 0 Å². The van der Waals surface area contributed by atoms with Crippen molar-refractivity contribution >= 4 is 17.9 Å². The standard InChI is InChI=1S/C73H118O6/c1-4-7-10-13-16-18-20-22-24-26-28-30-32-34-36-38-40-42-44-46-48-50-52-54-57-60-63-66-72(75)78-69-70(68-77-71(74)65-62-59-56-15-12-9-6-3)79-73(76)67-64-61-58-55-53-51-49-47-45-43-41-39-37-35-33-31-29-27-25-23-21-19-17-14-11-8-5-2/h7-8,10-11,16-19,22-25,28-31,34-37,40,42,46,48,70H,4-6,9,12-15,20-21,26-27,32-33,38-39,41,43-45,47,49-69H2,1-3H3/b10-7-,11-8-,18-16-,19-17-,24-22-,25-23-,30-28-,31-29-,36-34-,37-35-,42-40-,48-46-. The van der Waals surface area contributed by atoms with Crippen molar-refractivity contribution < 1.29 is 28.6 Å². The monoisotopic (exact) mass is 1090 g/mol. The predicted octanol–water partition coefficient (Wildman–Crippen LogP) is 22.3. The molecule has 0 amide bonds. The summed E-state index contributed by atoms with van der Waals surface area (Å²) in [6, 6.07) is 0. The van der Waals surface area contributed by atoms with E-state index >= 15 is 0 Å². The number of hydrogen-bond acceptors (Lipinski definition) is 6. The Balaban J connectivity index is 4.22. The third kappa shape index (κ3) is 64.0. The lowest BCUT2D eigenvalue weighted by molar-refractivity contribution is -0.167. The second kappa shape index (κ2) is 65.8. The minimum absolute atomic E-state index is 0.0888. The first-order valence-electron chi connectivity index (χ1n) is 32.3. The van der Waals surface area contributed by atoms with Crippen LogP contribution in [0.3, 0.4) is 0 Å². The molecule has 0 spiro atoms. The number of allylic oxidation sites excluding steroid dienone is 24. The van der Waals surface area contributed by atoms with Gasteiger partial charge in [-0.25, -0.2) is 0 Å². The Morgan fingerprint density at radius 2 is 0.494 bits per heavy atom. The number of unbranched alkanes of at least 4 members (excludes halogenated alkanes) is 22. The van der Waals surface area contributed by atoms with Gasteiger partial charge < -0.3 is 14.2 Å². The van der Waals surface area contributed by atoms with Gasteiger partial charge in [0.25, 0.3) is 0 Å². The van der Waals surface area contributed by atoms with Crippen molar-refractivity contribution in [1.82, 2.24) is 0 Å². The van der Waals surface area contributed by atoms with Crippen LogP contribution in [0.25, 0.3) is 0 Å². The molecule has 0 aliphatic rings. The van der Waals surface area contributed by atoms with E-state index in [0.717, 1.165) is 154 Å². The van der Waals surface area contributed by atoms with Crippen LogP contribution in [0.5, 0.6) is 0 Å². The lowest BCUT2D eigenvalue weighted by atomic mass is 10.0. The van der Waals surface area contributed by atoms with Crippen LogP contribution in [0.15, 0.2) is 146 Å². The molecule has 6 nitrogen and oxygen atoms in total. The van der Waals surface area contributed by atoms with Gasteiger partial charge in [0.2, 0.25) is 0 Å². The highest BCUT2D eigenvalue weighted by Crippen LogP contribution is 2.15. The summed E-state index contributed by atoms with van der Waals surface area (Å²) in [6.07, 6.45) is 94.5. The van der Waals surface area contributed by atoms with E-state index in [2.05, 4.69) is 167 Å². The van der Waals surface area contributed by atoms with Gasteiger partial charge in [0, 0.05) is 19.3 Å². The summed E-state index contributed by atoms with van der Waals surface area (Å²) in [5.41, 5.74) is 0. The second-order valence-electron chi connectivity index (χ2n) is 20.9. The summed E-state index contributed by atoms with van der Waals surface area (Å²) >= 11 is 0. The van der Waals surface area contributed by atoms with Gasteiger partial charge in [-0.2, -0.15) is 0 Å². The maximum absolute atomic E-state index is 12.9. The maximum Gasteiger partial charge on any atom is 0.306 e. The van der Waals surface area contributed by atoms with Gasteiger partial charge in [-0.05, 0) is 122 Å². The summed E-state index contributed by atoms with van der Waals surface area (Å²) in [5.74, 6) is -0.919. The molecule has 0 aliphatic carbocycles. The highest BCUT2D eigenvalue weighted by Gasteiger charge is 2.19. The highest BCUT2D eigenvalue weighted by atomic mass is 16.6. The van der Waals surface area contributed by atoms with Gasteiger partial charge in [0.05, 0.1) is 0 Å². The molecule has 0 saturated carbocycles. The van der Waals surface area contributed by atoms with Crippen LogP contribution in [0.4, 0.5) is 0 Å². The number of esters is 3. The average Bonchev–Trinajstić information content (AvgIpc) is 3.45. The van der Waals surface area contributed by atoms with Crippen LogP contribution in [0.1, 0.15) is 278 Å². The van der Waals surface area contributed by atoms with E-state index < -0.39 is 6.10 Å². The zero-order valence-corrected chi connectivity index (χ0v) is 51.1. The number of hydrogen-bond donors (Lipinski definition) is 0. The number of ether oxygens (including phenoxy) is 3. The van der Waals surface area contributed by atoms with Crippen molar-refractivity contribution in [3.63, 3.8) is 0 Å². The topological polar surface area (TPSA) is 78.9 Å². The van der Waals surface area contributed by atoms with Crippen LogP contribution in [0.2, 0.25) is 0 Å². The number of carbonyl (C=O) groups is 3. The normalized spacial score (nSPS) is 13.1. The fraction of sp³-hybridized carbons (Fsp3) is 0.630. The summed E-state index contributed by atoms with van der Waals surface area (Å²) in [4.78, 5) is 38.1. The first-order valence-corrected chi connectivity index (χ1v) is 32.3. The van der Waals surface area contributed by atoms with Gasteiger partial charge in [-0.3, -0.25) is 14.4 Å². The molecule has 0 saturated heterocycles. The van der Waals surface area contributed by atoms with E-state index in [1.807, 2.05) is 0 Å². The third-order valence-corrected chi connectivity index (χ3v) is 13.3. The smallest absolute Gasteiger partial charge is 0.306 e. The molecule has 0 aromatic carbocycles. The SMILES string of the molecule is CC/C=C\C/C=C\C/C=C\C/C=C\C/C=C\C/C=C\C/C=C\CCCCCCCC(=O)OCC(COC(=O)CCCCCCCCC)OC(=O)CCCCCCCCCCCCC/C=C\C/C=C\C/C=C\C/C=C\C/C=C\CC. The minimum atomic E-state index is -0.792. The molecule has 0 bridgehead atoms. The fourth-order valence-corrected chi connectivity index (χ4v) is 8.57. The summed E-state index contributed by atoms with van der Waals surface area (Å²) in [5, 5.41) is 0. The Morgan fingerprint density at radius 1 is 0.266 bits per heavy atom. The van der Waals surface area contributed by atoms with Gasteiger partial charge >= 0.3 is 17.9 Å². The molecule has 1 atom stereocenters. The Morgan fingerprint density at radius 3 is 0.772 bits per heavy atom. The van der Waals surface area contributed by atoms with Crippen molar-refractivity contribution in [2.75, 3.05) is 13.2 Å². The maximum atomic E-state index is 12.9. The molecule has 0 aromatic rings. The Bertz CT molecular complexity index is 1730. The lowest BCUT2D eigenvalue weighted by Gasteiger charge is -2.18. The Hall–Kier alpha value is -4.71. The predicted molar refractivity (Wildman–Crippen MR) is 343 cm³/mol. The first kappa shape index (κ1) is 74.3. The van der Waals surface area contributed by atoms with Crippen LogP contribution in [-0.4, -0.2) is 37.2 Å². The number of rotatable bonds is 57. The average molecular weight is 1090 g/mol. The van der Waals surface area contributed by atoms with E-state index in [-0.39, 0.29) is 31.1 Å².